The Kier molecular flexibility index (Phi) is 4.07. The van der Waals surface area contributed by atoms with Crippen LogP contribution in [0.4, 0.5) is 0 Å². The lowest BCUT2D eigenvalue weighted by Crippen LogP contribution is -2.59. The minimum atomic E-state index is 0.167. The number of fused-ring (bicyclic) bond motifs is 6. The number of hydrogen-bond donors (Lipinski definition) is 1. The lowest BCUT2D eigenvalue weighted by atomic mass is 9.61. The molecule has 0 radical (unpaired) electrons. The van der Waals surface area contributed by atoms with Crippen LogP contribution < -0.4 is 5.32 Å². The average Bonchev–Trinajstić information content (AvgIpc) is 2.92. The standard InChI is InChI=1S/C17H30N2O/c1-3-19(4-2)12-16(20)18-17-9-5-6-14(11-17)13-7-8-15(17)10-13/h13-15H,3-12H2,1-2H3,(H,18,20). The van der Waals surface area contributed by atoms with E-state index in [0.717, 1.165) is 30.8 Å². The Hall–Kier alpha value is -0.570. The summed E-state index contributed by atoms with van der Waals surface area (Å²) in [6, 6.07) is 0. The number of nitrogens with zero attached hydrogens (tertiary/aromatic N) is 1. The minimum Gasteiger partial charge on any atom is -0.349 e. The van der Waals surface area contributed by atoms with Gasteiger partial charge in [0.2, 0.25) is 5.91 Å². The maximum atomic E-state index is 12.5. The predicted octanol–water partition coefficient (Wildman–Crippen LogP) is 2.80. The molecule has 0 aromatic rings. The van der Waals surface area contributed by atoms with Crippen molar-refractivity contribution in [1.82, 2.24) is 10.2 Å². The molecule has 0 spiro atoms. The Balaban J connectivity index is 1.67. The first-order valence-electron chi connectivity index (χ1n) is 8.70. The molecule has 3 fully saturated rings. The summed E-state index contributed by atoms with van der Waals surface area (Å²) in [4.78, 5) is 14.7. The third kappa shape index (κ3) is 2.49. The van der Waals surface area contributed by atoms with Gasteiger partial charge in [0.1, 0.15) is 0 Å². The van der Waals surface area contributed by atoms with E-state index in [1.807, 2.05) is 0 Å². The van der Waals surface area contributed by atoms with Gasteiger partial charge in [0, 0.05) is 5.54 Å². The molecule has 0 heterocycles. The van der Waals surface area contributed by atoms with Crippen molar-refractivity contribution in [2.45, 2.75) is 64.3 Å². The topological polar surface area (TPSA) is 32.3 Å². The molecule has 4 bridgehead atoms. The van der Waals surface area contributed by atoms with E-state index in [0.29, 0.717) is 6.54 Å². The van der Waals surface area contributed by atoms with Crippen LogP contribution in [0.1, 0.15) is 58.8 Å². The van der Waals surface area contributed by atoms with Crippen LogP contribution in [0.2, 0.25) is 0 Å². The predicted molar refractivity (Wildman–Crippen MR) is 81.5 cm³/mol. The molecule has 20 heavy (non-hydrogen) atoms. The fraction of sp³-hybridized carbons (Fsp3) is 0.941. The van der Waals surface area contributed by atoms with Crippen molar-refractivity contribution in [1.29, 1.82) is 0 Å². The molecule has 0 aromatic heterocycles. The smallest absolute Gasteiger partial charge is 0.234 e. The van der Waals surface area contributed by atoms with E-state index in [1.165, 1.54) is 44.9 Å². The van der Waals surface area contributed by atoms with Gasteiger partial charge in [0.15, 0.2) is 0 Å². The van der Waals surface area contributed by atoms with Gasteiger partial charge in [0.05, 0.1) is 6.54 Å². The van der Waals surface area contributed by atoms with Crippen molar-refractivity contribution in [2.75, 3.05) is 19.6 Å². The van der Waals surface area contributed by atoms with E-state index in [1.54, 1.807) is 0 Å². The van der Waals surface area contributed by atoms with Crippen LogP contribution in [0.5, 0.6) is 0 Å². The normalized spacial score (nSPS) is 39.0. The van der Waals surface area contributed by atoms with Crippen LogP contribution in [0.3, 0.4) is 0 Å². The van der Waals surface area contributed by atoms with E-state index in [4.69, 9.17) is 0 Å². The molecule has 0 aromatic carbocycles. The van der Waals surface area contributed by atoms with Gasteiger partial charge in [0.25, 0.3) is 0 Å². The number of carbonyl (C=O) groups is 1. The summed E-state index contributed by atoms with van der Waals surface area (Å²) in [6.07, 6.45) is 9.39. The molecule has 3 heteroatoms. The fourth-order valence-electron chi connectivity index (χ4n) is 5.25. The van der Waals surface area contributed by atoms with Gasteiger partial charge >= 0.3 is 0 Å². The third-order valence-corrected chi connectivity index (χ3v) is 6.40. The summed E-state index contributed by atoms with van der Waals surface area (Å²) in [5.41, 5.74) is 0.167. The van der Waals surface area contributed by atoms with Gasteiger partial charge in [-0.3, -0.25) is 9.69 Å². The molecule has 3 aliphatic rings. The molecule has 3 saturated carbocycles. The van der Waals surface area contributed by atoms with Gasteiger partial charge < -0.3 is 5.32 Å². The first-order chi connectivity index (χ1) is 9.66. The molecule has 0 aliphatic heterocycles. The summed E-state index contributed by atoms with van der Waals surface area (Å²) in [7, 11) is 0. The average molecular weight is 278 g/mol. The second-order valence-corrected chi connectivity index (χ2v) is 7.29. The number of amides is 1. The van der Waals surface area contributed by atoms with E-state index in [9.17, 15) is 4.79 Å². The summed E-state index contributed by atoms with van der Waals surface area (Å²) in [5.74, 6) is 2.91. The van der Waals surface area contributed by atoms with Crippen LogP contribution in [0, 0.1) is 17.8 Å². The third-order valence-electron chi connectivity index (χ3n) is 6.40. The lowest BCUT2D eigenvalue weighted by Gasteiger charge is -2.50. The first kappa shape index (κ1) is 14.4. The van der Waals surface area contributed by atoms with Crippen molar-refractivity contribution < 1.29 is 4.79 Å². The van der Waals surface area contributed by atoms with Crippen molar-refractivity contribution in [3.8, 4) is 0 Å². The van der Waals surface area contributed by atoms with Crippen LogP contribution in [-0.4, -0.2) is 36.0 Å². The number of carbonyl (C=O) groups excluding carboxylic acids is 1. The van der Waals surface area contributed by atoms with Crippen LogP contribution in [0.25, 0.3) is 0 Å². The second-order valence-electron chi connectivity index (χ2n) is 7.29. The molecule has 1 amide bonds. The first-order valence-corrected chi connectivity index (χ1v) is 8.70. The van der Waals surface area contributed by atoms with E-state index < -0.39 is 0 Å². The highest BCUT2D eigenvalue weighted by molar-refractivity contribution is 5.79. The van der Waals surface area contributed by atoms with Crippen molar-refractivity contribution in [2.24, 2.45) is 17.8 Å². The van der Waals surface area contributed by atoms with Crippen LogP contribution in [0.15, 0.2) is 0 Å². The second kappa shape index (κ2) is 5.67. The van der Waals surface area contributed by atoms with Gasteiger partial charge in [-0.1, -0.05) is 26.7 Å². The van der Waals surface area contributed by atoms with Gasteiger partial charge in [-0.15, -0.1) is 0 Å². The quantitative estimate of drug-likeness (QED) is 0.838. The van der Waals surface area contributed by atoms with Crippen molar-refractivity contribution in [3.63, 3.8) is 0 Å². The van der Waals surface area contributed by atoms with E-state index >= 15 is 0 Å². The van der Waals surface area contributed by atoms with Gasteiger partial charge in [-0.05, 0) is 62.9 Å². The molecule has 3 nitrogen and oxygen atoms in total. The van der Waals surface area contributed by atoms with Crippen LogP contribution in [-0.2, 0) is 4.79 Å². The molecular formula is C17H30N2O. The molecule has 114 valence electrons. The number of rotatable bonds is 5. The summed E-state index contributed by atoms with van der Waals surface area (Å²) < 4.78 is 0. The Morgan fingerprint density at radius 3 is 2.75 bits per heavy atom. The summed E-state index contributed by atoms with van der Waals surface area (Å²) in [5, 5.41) is 3.51. The SMILES string of the molecule is CCN(CC)CC(=O)NC12CCCC(C1)C1CCC2C1. The molecule has 4 atom stereocenters. The van der Waals surface area contributed by atoms with Crippen LogP contribution >= 0.6 is 0 Å². The highest BCUT2D eigenvalue weighted by Gasteiger charge is 2.53. The lowest BCUT2D eigenvalue weighted by molar-refractivity contribution is -0.126. The maximum Gasteiger partial charge on any atom is 0.234 e. The van der Waals surface area contributed by atoms with E-state index in [2.05, 4.69) is 24.1 Å². The van der Waals surface area contributed by atoms with Gasteiger partial charge in [-0.2, -0.15) is 0 Å². The highest BCUT2D eigenvalue weighted by atomic mass is 16.2. The molecular weight excluding hydrogens is 248 g/mol. The van der Waals surface area contributed by atoms with Crippen molar-refractivity contribution >= 4 is 5.91 Å². The molecule has 4 unspecified atom stereocenters. The molecule has 1 N–H and O–H groups in total. The Bertz CT molecular complexity index is 366. The van der Waals surface area contributed by atoms with E-state index in [-0.39, 0.29) is 11.4 Å². The zero-order chi connectivity index (χ0) is 14.2. The monoisotopic (exact) mass is 278 g/mol. The molecule has 0 saturated heterocycles. The minimum absolute atomic E-state index is 0.167. The summed E-state index contributed by atoms with van der Waals surface area (Å²) >= 11 is 0. The molecule has 3 aliphatic carbocycles. The summed E-state index contributed by atoms with van der Waals surface area (Å²) in [6.45, 7) is 6.77. The largest absolute Gasteiger partial charge is 0.349 e. The zero-order valence-corrected chi connectivity index (χ0v) is 13.2. The fourth-order valence-corrected chi connectivity index (χ4v) is 5.25. The highest BCUT2D eigenvalue weighted by Crippen LogP contribution is 2.56. The number of hydrogen-bond acceptors (Lipinski definition) is 2. The van der Waals surface area contributed by atoms with Crippen molar-refractivity contribution in [3.05, 3.63) is 0 Å². The Morgan fingerprint density at radius 2 is 2.00 bits per heavy atom. The molecule has 3 rings (SSSR count). The zero-order valence-electron chi connectivity index (χ0n) is 13.2. The number of nitrogens with one attached hydrogen (secondary N) is 1. The van der Waals surface area contributed by atoms with Gasteiger partial charge in [-0.25, -0.2) is 0 Å². The Morgan fingerprint density at radius 1 is 1.20 bits per heavy atom. The number of likely N-dealkylation sites (N-methyl/N-ethyl adjacent to an activating group) is 1. The maximum absolute atomic E-state index is 12.5. The Labute approximate surface area is 123 Å².